The molecule has 0 aromatic heterocycles. The Morgan fingerprint density at radius 1 is 1.25 bits per heavy atom. The first-order valence-electron chi connectivity index (χ1n) is 2.24. The van der Waals surface area contributed by atoms with Gasteiger partial charge in [0.25, 0.3) is 0 Å². The van der Waals surface area contributed by atoms with Crippen LogP contribution in [0.5, 0.6) is 0 Å². The van der Waals surface area contributed by atoms with Gasteiger partial charge in [0.15, 0.2) is 7.28 Å². The van der Waals surface area contributed by atoms with Crippen LogP contribution in [0.25, 0.3) is 0 Å². The molecule has 0 radical (unpaired) electrons. The Morgan fingerprint density at radius 2 is 1.75 bits per heavy atom. The molecule has 8 heavy (non-hydrogen) atoms. The van der Waals surface area contributed by atoms with Crippen LogP contribution in [0.4, 0.5) is 0 Å². The lowest BCUT2D eigenvalue weighted by Gasteiger charge is -2.08. The van der Waals surface area contributed by atoms with Gasteiger partial charge in [0.2, 0.25) is 0 Å². The SMILES string of the molecule is O=S1(=O)OCBCO1. The predicted molar refractivity (Wildman–Crippen MR) is 28.0 cm³/mol. The monoisotopic (exact) mass is 136 g/mol. The lowest BCUT2D eigenvalue weighted by atomic mass is 9.82. The summed E-state index contributed by atoms with van der Waals surface area (Å²) in [4.78, 5) is 0. The third kappa shape index (κ3) is 1.46. The highest BCUT2D eigenvalue weighted by Crippen LogP contribution is 1.98. The van der Waals surface area contributed by atoms with E-state index < -0.39 is 10.4 Å². The van der Waals surface area contributed by atoms with E-state index in [9.17, 15) is 8.42 Å². The summed E-state index contributed by atoms with van der Waals surface area (Å²) in [6, 6.07) is 0. The maximum atomic E-state index is 10.2. The molecule has 1 rings (SSSR count). The van der Waals surface area contributed by atoms with Crippen LogP contribution in [0.15, 0.2) is 0 Å². The van der Waals surface area contributed by atoms with Gasteiger partial charge in [-0.1, -0.05) is 0 Å². The molecule has 0 aromatic rings. The third-order valence-electron chi connectivity index (χ3n) is 0.744. The molecule has 0 aromatic carbocycles. The van der Waals surface area contributed by atoms with E-state index in [1.807, 2.05) is 0 Å². The summed E-state index contributed by atoms with van der Waals surface area (Å²) in [5.41, 5.74) is 0. The van der Waals surface area contributed by atoms with E-state index in [0.29, 0.717) is 7.28 Å². The molecule has 1 aliphatic rings. The Bertz CT molecular complexity index is 149. The van der Waals surface area contributed by atoms with E-state index in [0.717, 1.165) is 0 Å². The van der Waals surface area contributed by atoms with Crippen LogP contribution in [0.3, 0.4) is 0 Å². The van der Waals surface area contributed by atoms with Crippen molar-refractivity contribution >= 4 is 17.7 Å². The molecule has 0 amide bonds. The first-order chi connectivity index (χ1) is 3.71. The van der Waals surface area contributed by atoms with Gasteiger partial charge in [-0.05, 0) is 0 Å². The molecule has 0 spiro atoms. The van der Waals surface area contributed by atoms with Crippen molar-refractivity contribution in [1.29, 1.82) is 0 Å². The van der Waals surface area contributed by atoms with Gasteiger partial charge >= 0.3 is 10.4 Å². The van der Waals surface area contributed by atoms with Gasteiger partial charge in [0.1, 0.15) is 0 Å². The van der Waals surface area contributed by atoms with E-state index in [4.69, 9.17) is 0 Å². The Hall–Kier alpha value is -0.0651. The summed E-state index contributed by atoms with van der Waals surface area (Å²) < 4.78 is 28.8. The third-order valence-corrected chi connectivity index (χ3v) is 1.65. The second-order valence-corrected chi connectivity index (χ2v) is 2.69. The largest absolute Gasteiger partial charge is 0.398 e. The van der Waals surface area contributed by atoms with Gasteiger partial charge in [-0.25, -0.2) is 0 Å². The average Bonchev–Trinajstić information content (AvgIpc) is 1.65. The lowest BCUT2D eigenvalue weighted by molar-refractivity contribution is 0.242. The Balaban J connectivity index is 2.58. The van der Waals surface area contributed by atoms with Crippen molar-refractivity contribution in [2.24, 2.45) is 0 Å². The van der Waals surface area contributed by atoms with E-state index in [-0.39, 0.29) is 13.0 Å². The van der Waals surface area contributed by atoms with Crippen LogP contribution in [-0.4, -0.2) is 28.7 Å². The second kappa shape index (κ2) is 2.04. The zero-order valence-corrected chi connectivity index (χ0v) is 4.98. The van der Waals surface area contributed by atoms with Crippen LogP contribution in [0, 0.1) is 0 Å². The summed E-state index contributed by atoms with van der Waals surface area (Å²) >= 11 is 0. The van der Waals surface area contributed by atoms with Crippen molar-refractivity contribution in [2.45, 2.75) is 0 Å². The molecular weight excluding hydrogens is 131 g/mol. The summed E-state index contributed by atoms with van der Waals surface area (Å²) in [6.07, 6.45) is 0. The van der Waals surface area contributed by atoms with Crippen LogP contribution in [0.2, 0.25) is 0 Å². The number of rotatable bonds is 0. The maximum absolute atomic E-state index is 10.2. The van der Waals surface area contributed by atoms with Gasteiger partial charge in [0, 0.05) is 13.0 Å². The smallest absolute Gasteiger partial charge is 0.257 e. The van der Waals surface area contributed by atoms with Gasteiger partial charge in [-0.3, -0.25) is 8.37 Å². The minimum Gasteiger partial charge on any atom is -0.257 e. The highest BCUT2D eigenvalue weighted by atomic mass is 32.3. The van der Waals surface area contributed by atoms with Gasteiger partial charge in [0.05, 0.1) is 0 Å². The fourth-order valence-electron chi connectivity index (χ4n) is 0.415. The summed E-state index contributed by atoms with van der Waals surface area (Å²) in [5, 5.41) is 0. The van der Waals surface area contributed by atoms with Crippen molar-refractivity contribution in [1.82, 2.24) is 0 Å². The normalized spacial score (nSPS) is 26.5. The zero-order valence-electron chi connectivity index (χ0n) is 4.16. The van der Waals surface area contributed by atoms with Crippen molar-refractivity contribution in [2.75, 3.05) is 13.0 Å². The first-order valence-corrected chi connectivity index (χ1v) is 3.58. The van der Waals surface area contributed by atoms with E-state index >= 15 is 0 Å². The topological polar surface area (TPSA) is 52.6 Å². The maximum Gasteiger partial charge on any atom is 0.398 e. The van der Waals surface area contributed by atoms with Crippen molar-refractivity contribution in [3.05, 3.63) is 0 Å². The molecule has 0 saturated carbocycles. The van der Waals surface area contributed by atoms with Crippen LogP contribution < -0.4 is 0 Å². The fraction of sp³-hybridized carbons (Fsp3) is 1.00. The first kappa shape index (κ1) is 6.06. The van der Waals surface area contributed by atoms with Gasteiger partial charge in [-0.15, -0.1) is 0 Å². The van der Waals surface area contributed by atoms with Gasteiger partial charge < -0.3 is 0 Å². The van der Waals surface area contributed by atoms with E-state index in [2.05, 4.69) is 8.37 Å². The fourth-order valence-corrected chi connectivity index (χ4v) is 1.13. The standard InChI is InChI=1S/C2H5BO4S/c4-8(5)6-1-3-2-7-8/h3H,1-2H2. The highest BCUT2D eigenvalue weighted by molar-refractivity contribution is 7.82. The quantitative estimate of drug-likeness (QED) is 0.385. The molecule has 0 unspecified atom stereocenters. The van der Waals surface area contributed by atoms with E-state index in [1.54, 1.807) is 0 Å². The van der Waals surface area contributed by atoms with Crippen LogP contribution >= 0.6 is 0 Å². The average molecular weight is 136 g/mol. The van der Waals surface area contributed by atoms with Crippen LogP contribution in [0.1, 0.15) is 0 Å². The second-order valence-electron chi connectivity index (χ2n) is 1.41. The number of hydrogen-bond acceptors (Lipinski definition) is 4. The molecule has 0 bridgehead atoms. The zero-order chi connectivity index (χ0) is 6.04. The Morgan fingerprint density at radius 3 is 2.00 bits per heavy atom. The summed E-state index contributed by atoms with van der Waals surface area (Å²) in [7, 11) is -2.93. The Kier molecular flexibility index (Phi) is 1.55. The van der Waals surface area contributed by atoms with Crippen molar-refractivity contribution < 1.29 is 16.8 Å². The molecule has 0 atom stereocenters. The molecule has 6 heteroatoms. The lowest BCUT2D eigenvalue weighted by Crippen LogP contribution is -2.25. The number of hydrogen-bond donors (Lipinski definition) is 0. The molecule has 46 valence electrons. The molecule has 1 saturated heterocycles. The summed E-state index contributed by atoms with van der Waals surface area (Å²) in [6.45, 7) is 0.505. The highest BCUT2D eigenvalue weighted by Gasteiger charge is 2.16. The molecule has 0 aliphatic carbocycles. The Labute approximate surface area is 48.4 Å². The molecule has 4 nitrogen and oxygen atoms in total. The van der Waals surface area contributed by atoms with Crippen molar-refractivity contribution in [3.8, 4) is 0 Å². The summed E-state index contributed by atoms with van der Waals surface area (Å²) in [5.74, 6) is 0. The van der Waals surface area contributed by atoms with E-state index in [1.165, 1.54) is 0 Å². The minimum absolute atomic E-state index is 0.252. The van der Waals surface area contributed by atoms with Crippen LogP contribution in [-0.2, 0) is 18.8 Å². The minimum atomic E-state index is -3.58. The molecule has 1 fully saturated rings. The molecular formula is C2H5BO4S. The predicted octanol–water partition coefficient (Wildman–Crippen LogP) is -1.37. The van der Waals surface area contributed by atoms with Gasteiger partial charge in [-0.2, -0.15) is 8.42 Å². The molecule has 0 N–H and O–H groups in total. The molecule has 1 heterocycles. The molecule has 1 aliphatic heterocycles. The van der Waals surface area contributed by atoms with Crippen molar-refractivity contribution in [3.63, 3.8) is 0 Å².